The quantitative estimate of drug-likeness (QED) is 0.552. The Morgan fingerprint density at radius 3 is 2.12 bits per heavy atom. The molecule has 7 heteroatoms. The highest BCUT2D eigenvalue weighted by atomic mass is 35.5. The van der Waals surface area contributed by atoms with Gasteiger partial charge in [-0.3, -0.25) is 4.57 Å². The Morgan fingerprint density at radius 1 is 0.962 bits per heavy atom. The lowest BCUT2D eigenvalue weighted by atomic mass is 10.0. The van der Waals surface area contributed by atoms with Crippen LogP contribution in [0.15, 0.2) is 57.7 Å². The van der Waals surface area contributed by atoms with Crippen LogP contribution in [-0.2, 0) is 13.6 Å². The maximum absolute atomic E-state index is 13.4. The summed E-state index contributed by atoms with van der Waals surface area (Å²) >= 11 is 5.99. The average Bonchev–Trinajstić information content (AvgIpc) is 2.63. The Labute approximate surface area is 156 Å². The molecule has 2 aromatic carbocycles. The standard InChI is InChI=1S/C19H18ClO5P/c1-3-23-26(22,24-4-2)19-17(13-9-11-14(20)12-10-13)15-7-5-6-8-16(15)18(21)25-19/h5-12H,3-4H2,1-2H3. The number of fused-ring (bicyclic) bond motifs is 1. The van der Waals surface area contributed by atoms with Crippen molar-refractivity contribution in [1.29, 1.82) is 0 Å². The summed E-state index contributed by atoms with van der Waals surface area (Å²) < 4.78 is 29.7. The summed E-state index contributed by atoms with van der Waals surface area (Å²) in [5.41, 5.74) is 0.520. The van der Waals surface area contributed by atoms with Crippen molar-refractivity contribution in [3.63, 3.8) is 0 Å². The van der Waals surface area contributed by atoms with Crippen molar-refractivity contribution < 1.29 is 18.0 Å². The number of hydrogen-bond donors (Lipinski definition) is 0. The number of rotatable bonds is 6. The minimum absolute atomic E-state index is 0.0905. The Bertz CT molecular complexity index is 1020. The molecule has 136 valence electrons. The predicted octanol–water partition coefficient (Wildman–Crippen LogP) is 5.00. The van der Waals surface area contributed by atoms with Gasteiger partial charge < -0.3 is 13.5 Å². The molecule has 5 nitrogen and oxygen atoms in total. The van der Waals surface area contributed by atoms with Gasteiger partial charge in [0, 0.05) is 16.0 Å². The summed E-state index contributed by atoms with van der Waals surface area (Å²) in [6.45, 7) is 3.70. The van der Waals surface area contributed by atoms with E-state index in [-0.39, 0.29) is 18.7 Å². The van der Waals surface area contributed by atoms with Gasteiger partial charge >= 0.3 is 13.2 Å². The maximum atomic E-state index is 13.4. The molecule has 0 amide bonds. The summed E-state index contributed by atoms with van der Waals surface area (Å²) in [6, 6.07) is 14.0. The molecular formula is C19H18ClO5P. The fourth-order valence-electron chi connectivity index (χ4n) is 2.77. The Hall–Kier alpha value is -1.91. The maximum Gasteiger partial charge on any atom is 0.397 e. The zero-order chi connectivity index (χ0) is 18.7. The van der Waals surface area contributed by atoms with Gasteiger partial charge in [0.1, 0.15) is 0 Å². The lowest BCUT2D eigenvalue weighted by Gasteiger charge is -2.19. The molecule has 0 radical (unpaired) electrons. The predicted molar refractivity (Wildman–Crippen MR) is 103 cm³/mol. The Kier molecular flexibility index (Phi) is 5.64. The minimum Gasteiger partial charge on any atom is -0.413 e. The molecule has 0 aliphatic rings. The van der Waals surface area contributed by atoms with Gasteiger partial charge in [-0.15, -0.1) is 0 Å². The first-order valence-corrected chi connectivity index (χ1v) is 10.1. The first-order valence-electron chi connectivity index (χ1n) is 8.21. The Morgan fingerprint density at radius 2 is 1.54 bits per heavy atom. The van der Waals surface area contributed by atoms with Gasteiger partial charge in [0.05, 0.1) is 18.6 Å². The van der Waals surface area contributed by atoms with Crippen molar-refractivity contribution >= 4 is 35.5 Å². The van der Waals surface area contributed by atoms with E-state index in [0.29, 0.717) is 26.9 Å². The highest BCUT2D eigenvalue weighted by Gasteiger charge is 2.35. The summed E-state index contributed by atoms with van der Waals surface area (Å²) in [6.07, 6.45) is 0. The summed E-state index contributed by atoms with van der Waals surface area (Å²) in [4.78, 5) is 12.5. The van der Waals surface area contributed by atoms with Crippen molar-refractivity contribution in [2.45, 2.75) is 13.8 Å². The highest BCUT2D eigenvalue weighted by molar-refractivity contribution is 7.62. The van der Waals surface area contributed by atoms with Crippen LogP contribution in [-0.4, -0.2) is 13.2 Å². The molecule has 0 saturated heterocycles. The van der Waals surface area contributed by atoms with Gasteiger partial charge in [0.15, 0.2) is 0 Å². The van der Waals surface area contributed by atoms with Crippen LogP contribution >= 0.6 is 19.2 Å². The third kappa shape index (κ3) is 3.49. The normalized spacial score (nSPS) is 11.8. The fourth-order valence-corrected chi connectivity index (χ4v) is 4.60. The van der Waals surface area contributed by atoms with Gasteiger partial charge in [0.2, 0.25) is 5.50 Å². The molecule has 0 aliphatic heterocycles. The average molecular weight is 393 g/mol. The van der Waals surface area contributed by atoms with Gasteiger partial charge in [-0.05, 0) is 37.6 Å². The van der Waals surface area contributed by atoms with E-state index in [9.17, 15) is 9.36 Å². The highest BCUT2D eigenvalue weighted by Crippen LogP contribution is 2.50. The topological polar surface area (TPSA) is 65.7 Å². The van der Waals surface area contributed by atoms with Crippen LogP contribution in [0.4, 0.5) is 0 Å². The second kappa shape index (κ2) is 7.77. The fraction of sp³-hybridized carbons (Fsp3) is 0.211. The molecule has 0 spiro atoms. The molecule has 0 bridgehead atoms. The number of benzene rings is 2. The second-order valence-corrected chi connectivity index (χ2v) is 7.81. The molecular weight excluding hydrogens is 375 g/mol. The van der Waals surface area contributed by atoms with E-state index in [1.54, 1.807) is 62.4 Å². The van der Waals surface area contributed by atoms with E-state index < -0.39 is 13.2 Å². The van der Waals surface area contributed by atoms with Crippen molar-refractivity contribution in [2.75, 3.05) is 13.2 Å². The zero-order valence-electron chi connectivity index (χ0n) is 14.4. The SMILES string of the molecule is CCOP(=O)(OCC)c1oc(=O)c2ccccc2c1-c1ccc(Cl)cc1. The van der Waals surface area contributed by atoms with E-state index in [4.69, 9.17) is 25.1 Å². The second-order valence-electron chi connectivity index (χ2n) is 5.46. The molecule has 1 aromatic heterocycles. The molecule has 0 atom stereocenters. The molecule has 0 N–H and O–H groups in total. The number of hydrogen-bond acceptors (Lipinski definition) is 5. The zero-order valence-corrected chi connectivity index (χ0v) is 16.0. The van der Waals surface area contributed by atoms with Crippen molar-refractivity contribution in [3.8, 4) is 11.1 Å². The molecule has 0 fully saturated rings. The van der Waals surface area contributed by atoms with Crippen molar-refractivity contribution in [1.82, 2.24) is 0 Å². The van der Waals surface area contributed by atoms with Crippen LogP contribution in [0.1, 0.15) is 13.8 Å². The van der Waals surface area contributed by atoms with Crippen LogP contribution in [0.2, 0.25) is 5.02 Å². The molecule has 0 saturated carbocycles. The van der Waals surface area contributed by atoms with Crippen LogP contribution < -0.4 is 11.1 Å². The molecule has 1 heterocycles. The third-order valence-corrected chi connectivity index (χ3v) is 6.06. The van der Waals surface area contributed by atoms with Crippen molar-refractivity contribution in [3.05, 3.63) is 64.0 Å². The van der Waals surface area contributed by atoms with E-state index in [2.05, 4.69) is 0 Å². The molecule has 0 unspecified atom stereocenters. The summed E-state index contributed by atoms with van der Waals surface area (Å²) in [7, 11) is -3.82. The lowest BCUT2D eigenvalue weighted by molar-refractivity contribution is 0.225. The van der Waals surface area contributed by atoms with Gasteiger partial charge in [-0.1, -0.05) is 41.9 Å². The molecule has 3 aromatic rings. The molecule has 3 rings (SSSR count). The lowest BCUT2D eigenvalue weighted by Crippen LogP contribution is -2.19. The van der Waals surface area contributed by atoms with Gasteiger partial charge in [0.25, 0.3) is 0 Å². The number of halogens is 1. The third-order valence-electron chi connectivity index (χ3n) is 3.80. The minimum atomic E-state index is -3.82. The Balaban J connectivity index is 2.42. The molecule has 0 aliphatic carbocycles. The van der Waals surface area contributed by atoms with E-state index in [0.717, 1.165) is 0 Å². The van der Waals surface area contributed by atoms with Crippen LogP contribution in [0.25, 0.3) is 21.9 Å². The van der Waals surface area contributed by atoms with Gasteiger partial charge in [-0.2, -0.15) is 0 Å². The summed E-state index contributed by atoms with van der Waals surface area (Å²) in [5.74, 6) is 0. The van der Waals surface area contributed by atoms with Crippen molar-refractivity contribution in [2.24, 2.45) is 0 Å². The summed E-state index contributed by atoms with van der Waals surface area (Å²) in [5, 5.41) is 1.57. The largest absolute Gasteiger partial charge is 0.413 e. The molecule has 26 heavy (non-hydrogen) atoms. The van der Waals surface area contributed by atoms with E-state index >= 15 is 0 Å². The van der Waals surface area contributed by atoms with E-state index in [1.165, 1.54) is 0 Å². The van der Waals surface area contributed by atoms with Crippen LogP contribution in [0, 0.1) is 0 Å². The van der Waals surface area contributed by atoms with E-state index in [1.807, 2.05) is 0 Å². The first-order chi connectivity index (χ1) is 12.5. The van der Waals surface area contributed by atoms with Crippen LogP contribution in [0.5, 0.6) is 0 Å². The van der Waals surface area contributed by atoms with Gasteiger partial charge in [-0.25, -0.2) is 4.79 Å². The first kappa shape index (κ1) is 18.9. The van der Waals surface area contributed by atoms with Crippen LogP contribution in [0.3, 0.4) is 0 Å². The smallest absolute Gasteiger partial charge is 0.397 e. The monoisotopic (exact) mass is 392 g/mol.